The molecule has 6 heteroatoms. The quantitative estimate of drug-likeness (QED) is 0.766. The summed E-state index contributed by atoms with van der Waals surface area (Å²) < 4.78 is 0. The molecule has 0 radical (unpaired) electrons. The first-order valence-corrected chi connectivity index (χ1v) is 8.24. The Morgan fingerprint density at radius 2 is 1.78 bits per heavy atom. The summed E-state index contributed by atoms with van der Waals surface area (Å²) in [6.45, 7) is 2.02. The molecular formula is C17H14ClN3OS. The van der Waals surface area contributed by atoms with Gasteiger partial charge < -0.3 is 5.32 Å². The van der Waals surface area contributed by atoms with Gasteiger partial charge in [0.25, 0.3) is 0 Å². The number of aromatic nitrogens is 2. The van der Waals surface area contributed by atoms with Crippen LogP contribution in [0.2, 0.25) is 5.02 Å². The number of benzene rings is 2. The van der Waals surface area contributed by atoms with Crippen molar-refractivity contribution in [1.82, 2.24) is 10.2 Å². The summed E-state index contributed by atoms with van der Waals surface area (Å²) in [5.41, 5.74) is 3.06. The Bertz CT molecular complexity index is 813. The highest BCUT2D eigenvalue weighted by molar-refractivity contribution is 7.18. The minimum absolute atomic E-state index is 0.104. The molecule has 1 aromatic heterocycles. The first kappa shape index (κ1) is 15.6. The van der Waals surface area contributed by atoms with Crippen molar-refractivity contribution >= 4 is 34.0 Å². The maximum atomic E-state index is 12.1. The molecule has 0 unspecified atom stereocenters. The Morgan fingerprint density at radius 3 is 2.48 bits per heavy atom. The Balaban J connectivity index is 1.65. The van der Waals surface area contributed by atoms with Gasteiger partial charge in [-0.15, -0.1) is 10.2 Å². The van der Waals surface area contributed by atoms with Gasteiger partial charge in [0.2, 0.25) is 11.0 Å². The van der Waals surface area contributed by atoms with Gasteiger partial charge in [0.1, 0.15) is 5.01 Å². The summed E-state index contributed by atoms with van der Waals surface area (Å²) in [4.78, 5) is 12.1. The van der Waals surface area contributed by atoms with Gasteiger partial charge in [-0.1, -0.05) is 64.9 Å². The van der Waals surface area contributed by atoms with Crippen molar-refractivity contribution in [3.8, 4) is 10.6 Å². The molecule has 1 heterocycles. The van der Waals surface area contributed by atoms with Crippen LogP contribution < -0.4 is 5.32 Å². The average Bonchev–Trinajstić information content (AvgIpc) is 2.98. The number of halogens is 1. The lowest BCUT2D eigenvalue weighted by Gasteiger charge is -2.02. The molecule has 23 heavy (non-hydrogen) atoms. The van der Waals surface area contributed by atoms with Crippen molar-refractivity contribution in [3.05, 3.63) is 64.7 Å². The summed E-state index contributed by atoms with van der Waals surface area (Å²) >= 11 is 7.21. The molecule has 0 aliphatic heterocycles. The molecule has 4 nitrogen and oxygen atoms in total. The average molecular weight is 344 g/mol. The minimum Gasteiger partial charge on any atom is -0.300 e. The third-order valence-corrected chi connectivity index (χ3v) is 4.39. The molecule has 0 aliphatic rings. The lowest BCUT2D eigenvalue weighted by atomic mass is 10.1. The van der Waals surface area contributed by atoms with E-state index >= 15 is 0 Å². The fourth-order valence-corrected chi connectivity index (χ4v) is 2.93. The fraction of sp³-hybridized carbons (Fsp3) is 0.118. The number of amides is 1. The van der Waals surface area contributed by atoms with Crippen LogP contribution in [0.3, 0.4) is 0 Å². The van der Waals surface area contributed by atoms with Crippen molar-refractivity contribution < 1.29 is 4.79 Å². The summed E-state index contributed by atoms with van der Waals surface area (Å²) in [6, 6.07) is 15.2. The van der Waals surface area contributed by atoms with Crippen LogP contribution in [0.15, 0.2) is 48.5 Å². The summed E-state index contributed by atoms with van der Waals surface area (Å²) in [5, 5.41) is 12.8. The van der Waals surface area contributed by atoms with Gasteiger partial charge in [-0.05, 0) is 24.6 Å². The van der Waals surface area contributed by atoms with E-state index in [4.69, 9.17) is 11.6 Å². The lowest BCUT2D eigenvalue weighted by molar-refractivity contribution is -0.115. The normalized spacial score (nSPS) is 10.5. The number of hydrogen-bond acceptors (Lipinski definition) is 4. The SMILES string of the molecule is Cc1ccc(CC(=O)Nc2nnc(-c3ccc(Cl)cc3)s2)cc1. The predicted octanol–water partition coefficient (Wildman–Crippen LogP) is 4.35. The molecule has 1 amide bonds. The van der Waals surface area contributed by atoms with Gasteiger partial charge in [0, 0.05) is 10.6 Å². The van der Waals surface area contributed by atoms with E-state index in [1.807, 2.05) is 43.3 Å². The molecule has 0 atom stereocenters. The van der Waals surface area contributed by atoms with Crippen molar-refractivity contribution in [2.24, 2.45) is 0 Å². The van der Waals surface area contributed by atoms with E-state index in [0.717, 1.165) is 16.1 Å². The molecule has 2 aromatic carbocycles. The van der Waals surface area contributed by atoms with E-state index in [2.05, 4.69) is 15.5 Å². The highest BCUT2D eigenvalue weighted by Gasteiger charge is 2.10. The van der Waals surface area contributed by atoms with E-state index in [1.54, 1.807) is 12.1 Å². The molecule has 116 valence electrons. The number of rotatable bonds is 4. The van der Waals surface area contributed by atoms with Gasteiger partial charge in [0.05, 0.1) is 6.42 Å². The molecule has 0 bridgehead atoms. The van der Waals surface area contributed by atoms with Crippen molar-refractivity contribution in [1.29, 1.82) is 0 Å². The largest absolute Gasteiger partial charge is 0.300 e. The number of nitrogens with zero attached hydrogens (tertiary/aromatic N) is 2. The van der Waals surface area contributed by atoms with Gasteiger partial charge in [0.15, 0.2) is 0 Å². The van der Waals surface area contributed by atoms with Gasteiger partial charge >= 0.3 is 0 Å². The molecule has 0 fully saturated rings. The van der Waals surface area contributed by atoms with Gasteiger partial charge in [-0.2, -0.15) is 0 Å². The third-order valence-electron chi connectivity index (χ3n) is 3.25. The van der Waals surface area contributed by atoms with Crippen molar-refractivity contribution in [2.45, 2.75) is 13.3 Å². The number of nitrogens with one attached hydrogen (secondary N) is 1. The number of carbonyl (C=O) groups is 1. The standard InChI is InChI=1S/C17H14ClN3OS/c1-11-2-4-12(5-3-11)10-15(22)19-17-21-20-16(23-17)13-6-8-14(18)9-7-13/h2-9H,10H2,1H3,(H,19,21,22). The van der Waals surface area contributed by atoms with E-state index in [9.17, 15) is 4.79 Å². The molecule has 0 spiro atoms. The maximum absolute atomic E-state index is 12.1. The molecule has 0 saturated heterocycles. The second-order valence-electron chi connectivity index (χ2n) is 5.13. The second-order valence-corrected chi connectivity index (χ2v) is 6.54. The second kappa shape index (κ2) is 6.89. The summed E-state index contributed by atoms with van der Waals surface area (Å²) in [7, 11) is 0. The Hall–Kier alpha value is -2.24. The lowest BCUT2D eigenvalue weighted by Crippen LogP contribution is -2.14. The number of aryl methyl sites for hydroxylation is 1. The van der Waals surface area contributed by atoms with Crippen LogP contribution in [0.5, 0.6) is 0 Å². The highest BCUT2D eigenvalue weighted by Crippen LogP contribution is 2.27. The molecule has 3 rings (SSSR count). The van der Waals surface area contributed by atoms with Crippen LogP contribution in [0.25, 0.3) is 10.6 Å². The zero-order valence-electron chi connectivity index (χ0n) is 12.4. The molecule has 0 saturated carbocycles. The zero-order chi connectivity index (χ0) is 16.2. The van der Waals surface area contributed by atoms with Crippen LogP contribution in [0, 0.1) is 6.92 Å². The van der Waals surface area contributed by atoms with Crippen LogP contribution >= 0.6 is 22.9 Å². The van der Waals surface area contributed by atoms with Crippen LogP contribution in [0.1, 0.15) is 11.1 Å². The fourth-order valence-electron chi connectivity index (χ4n) is 2.04. The first-order valence-electron chi connectivity index (χ1n) is 7.05. The minimum atomic E-state index is -0.104. The maximum Gasteiger partial charge on any atom is 0.230 e. The number of carbonyl (C=O) groups excluding carboxylic acids is 1. The molecule has 1 N–H and O–H groups in total. The van der Waals surface area contributed by atoms with Crippen LogP contribution in [0.4, 0.5) is 5.13 Å². The topological polar surface area (TPSA) is 54.9 Å². The van der Waals surface area contributed by atoms with Crippen molar-refractivity contribution in [2.75, 3.05) is 5.32 Å². The summed E-state index contributed by atoms with van der Waals surface area (Å²) in [6.07, 6.45) is 0.316. The van der Waals surface area contributed by atoms with Gasteiger partial charge in [-0.3, -0.25) is 4.79 Å². The van der Waals surface area contributed by atoms with Crippen molar-refractivity contribution in [3.63, 3.8) is 0 Å². The van der Waals surface area contributed by atoms with E-state index in [0.29, 0.717) is 16.6 Å². The monoisotopic (exact) mass is 343 g/mol. The van der Waals surface area contributed by atoms with Gasteiger partial charge in [-0.25, -0.2) is 0 Å². The Morgan fingerprint density at radius 1 is 1.09 bits per heavy atom. The number of anilines is 1. The Kier molecular flexibility index (Phi) is 4.69. The molecular weight excluding hydrogens is 330 g/mol. The molecule has 3 aromatic rings. The third kappa shape index (κ3) is 4.15. The zero-order valence-corrected chi connectivity index (χ0v) is 14.0. The number of hydrogen-bond donors (Lipinski definition) is 1. The Labute approximate surface area is 143 Å². The summed E-state index contributed by atoms with van der Waals surface area (Å²) in [5.74, 6) is -0.104. The van der Waals surface area contributed by atoms with E-state index < -0.39 is 0 Å². The predicted molar refractivity (Wildman–Crippen MR) is 93.9 cm³/mol. The van der Waals surface area contributed by atoms with E-state index in [-0.39, 0.29) is 5.91 Å². The van der Waals surface area contributed by atoms with Crippen LogP contribution in [-0.4, -0.2) is 16.1 Å². The smallest absolute Gasteiger partial charge is 0.230 e. The van der Waals surface area contributed by atoms with E-state index in [1.165, 1.54) is 16.9 Å². The van der Waals surface area contributed by atoms with Crippen LogP contribution in [-0.2, 0) is 11.2 Å². The molecule has 0 aliphatic carbocycles. The first-order chi connectivity index (χ1) is 11.1. The highest BCUT2D eigenvalue weighted by atomic mass is 35.5.